The summed E-state index contributed by atoms with van der Waals surface area (Å²) in [6.45, 7) is 7.17. The van der Waals surface area contributed by atoms with Crippen LogP contribution in [-0.4, -0.2) is 36.6 Å². The van der Waals surface area contributed by atoms with Crippen LogP contribution in [0.1, 0.15) is 20.8 Å². The Hall–Kier alpha value is -0.120. The molecule has 0 aromatic rings. The third-order valence-corrected chi connectivity index (χ3v) is 1.63. The van der Waals surface area contributed by atoms with E-state index in [0.29, 0.717) is 13.2 Å². The van der Waals surface area contributed by atoms with Crippen LogP contribution in [-0.2, 0) is 4.74 Å². The van der Waals surface area contributed by atoms with E-state index in [9.17, 15) is 0 Å². The van der Waals surface area contributed by atoms with Crippen molar-refractivity contribution < 1.29 is 14.9 Å². The van der Waals surface area contributed by atoms with Gasteiger partial charge in [-0.15, -0.1) is 0 Å². The van der Waals surface area contributed by atoms with Crippen LogP contribution in [0.4, 0.5) is 0 Å². The molecule has 2 N–H and O–H groups in total. The van der Waals surface area contributed by atoms with Crippen molar-refractivity contribution in [2.24, 2.45) is 11.3 Å². The van der Waals surface area contributed by atoms with E-state index < -0.39 is 0 Å². The van der Waals surface area contributed by atoms with Gasteiger partial charge in [-0.1, -0.05) is 20.8 Å². The first-order valence-corrected chi connectivity index (χ1v) is 4.31. The summed E-state index contributed by atoms with van der Waals surface area (Å²) < 4.78 is 5.32. The Kier molecular flexibility index (Phi) is 5.46. The number of ether oxygens (including phenoxy) is 1. The molecule has 0 amide bonds. The summed E-state index contributed by atoms with van der Waals surface area (Å²) in [4.78, 5) is 0. The molecule has 74 valence electrons. The molecule has 1 atom stereocenters. The first-order chi connectivity index (χ1) is 5.52. The van der Waals surface area contributed by atoms with E-state index in [1.54, 1.807) is 0 Å². The van der Waals surface area contributed by atoms with Crippen LogP contribution >= 0.6 is 0 Å². The minimum absolute atomic E-state index is 0.126. The van der Waals surface area contributed by atoms with Crippen molar-refractivity contribution in [2.45, 2.75) is 20.8 Å². The second-order valence-electron chi connectivity index (χ2n) is 4.13. The maximum atomic E-state index is 8.89. The van der Waals surface area contributed by atoms with E-state index in [2.05, 4.69) is 0 Å². The quantitative estimate of drug-likeness (QED) is 0.624. The van der Waals surface area contributed by atoms with E-state index in [1.807, 2.05) is 20.8 Å². The Morgan fingerprint density at radius 3 is 2.33 bits per heavy atom. The minimum Gasteiger partial charge on any atom is -0.396 e. The fourth-order valence-corrected chi connectivity index (χ4v) is 0.635. The zero-order chi connectivity index (χ0) is 9.61. The molecule has 0 rings (SSSR count). The Morgan fingerprint density at radius 1 is 1.33 bits per heavy atom. The highest BCUT2D eigenvalue weighted by molar-refractivity contribution is 4.65. The predicted molar refractivity (Wildman–Crippen MR) is 47.9 cm³/mol. The van der Waals surface area contributed by atoms with Gasteiger partial charge in [-0.25, -0.2) is 0 Å². The van der Waals surface area contributed by atoms with Gasteiger partial charge in [0.1, 0.15) is 0 Å². The zero-order valence-corrected chi connectivity index (χ0v) is 8.21. The van der Waals surface area contributed by atoms with Gasteiger partial charge in [0.15, 0.2) is 0 Å². The molecule has 0 saturated carbocycles. The molecule has 0 bridgehead atoms. The highest BCUT2D eigenvalue weighted by Crippen LogP contribution is 2.13. The van der Waals surface area contributed by atoms with E-state index in [0.717, 1.165) is 0 Å². The molecule has 12 heavy (non-hydrogen) atoms. The average molecular weight is 176 g/mol. The molecule has 0 radical (unpaired) electrons. The summed E-state index contributed by atoms with van der Waals surface area (Å²) in [6.07, 6.45) is 0. The monoisotopic (exact) mass is 176 g/mol. The second kappa shape index (κ2) is 5.51. The number of rotatable bonds is 6. The van der Waals surface area contributed by atoms with Crippen molar-refractivity contribution in [1.29, 1.82) is 0 Å². The number of aliphatic hydroxyl groups is 2. The molecule has 0 heterocycles. The molecular weight excluding hydrogens is 156 g/mol. The van der Waals surface area contributed by atoms with Crippen molar-refractivity contribution in [3.8, 4) is 0 Å². The highest BCUT2D eigenvalue weighted by atomic mass is 16.5. The third kappa shape index (κ3) is 5.52. The molecule has 3 nitrogen and oxygen atoms in total. The molecule has 0 fully saturated rings. The summed E-state index contributed by atoms with van der Waals surface area (Å²) in [5.41, 5.74) is -0.171. The van der Waals surface area contributed by atoms with Crippen LogP contribution in [0.5, 0.6) is 0 Å². The van der Waals surface area contributed by atoms with Gasteiger partial charge in [-0.3, -0.25) is 0 Å². The van der Waals surface area contributed by atoms with Crippen molar-refractivity contribution in [3.63, 3.8) is 0 Å². The van der Waals surface area contributed by atoms with Crippen molar-refractivity contribution in [1.82, 2.24) is 0 Å². The van der Waals surface area contributed by atoms with E-state index >= 15 is 0 Å². The number of hydrogen-bond acceptors (Lipinski definition) is 3. The second-order valence-corrected chi connectivity index (χ2v) is 4.13. The van der Waals surface area contributed by atoms with Gasteiger partial charge in [0, 0.05) is 17.9 Å². The largest absolute Gasteiger partial charge is 0.396 e. The van der Waals surface area contributed by atoms with E-state index in [1.165, 1.54) is 0 Å². The Bertz CT molecular complexity index is 112. The van der Waals surface area contributed by atoms with Gasteiger partial charge in [-0.2, -0.15) is 0 Å². The number of hydrogen-bond donors (Lipinski definition) is 2. The van der Waals surface area contributed by atoms with Crippen LogP contribution in [0.3, 0.4) is 0 Å². The van der Waals surface area contributed by atoms with Crippen LogP contribution in [0.25, 0.3) is 0 Å². The molecule has 1 unspecified atom stereocenters. The van der Waals surface area contributed by atoms with Gasteiger partial charge in [0.25, 0.3) is 0 Å². The lowest BCUT2D eigenvalue weighted by molar-refractivity contribution is 0.00710. The molecule has 0 aromatic carbocycles. The fraction of sp³-hybridized carbons (Fsp3) is 1.00. The molecule has 3 heteroatoms. The van der Waals surface area contributed by atoms with Gasteiger partial charge >= 0.3 is 0 Å². The summed E-state index contributed by atoms with van der Waals surface area (Å²) in [5.74, 6) is 0.180. The molecule has 0 aliphatic carbocycles. The van der Waals surface area contributed by atoms with Crippen LogP contribution in [0, 0.1) is 11.3 Å². The van der Waals surface area contributed by atoms with E-state index in [4.69, 9.17) is 14.9 Å². The lowest BCUT2D eigenvalue weighted by atomic mass is 9.96. The fourth-order valence-electron chi connectivity index (χ4n) is 0.635. The Labute approximate surface area is 74.4 Å². The molecule has 0 aromatic heterocycles. The summed E-state index contributed by atoms with van der Waals surface area (Å²) in [7, 11) is 0. The van der Waals surface area contributed by atoms with Crippen LogP contribution < -0.4 is 0 Å². The van der Waals surface area contributed by atoms with Crippen molar-refractivity contribution >= 4 is 0 Å². The topological polar surface area (TPSA) is 49.7 Å². The zero-order valence-electron chi connectivity index (χ0n) is 8.21. The van der Waals surface area contributed by atoms with Gasteiger partial charge in [0.2, 0.25) is 0 Å². The Morgan fingerprint density at radius 2 is 1.92 bits per heavy atom. The molecule has 0 aliphatic rings. The summed E-state index contributed by atoms with van der Waals surface area (Å²) in [5, 5.41) is 17.6. The lowest BCUT2D eigenvalue weighted by Crippen LogP contribution is -2.25. The first kappa shape index (κ1) is 11.9. The summed E-state index contributed by atoms with van der Waals surface area (Å²) >= 11 is 0. The van der Waals surface area contributed by atoms with Crippen molar-refractivity contribution in [2.75, 3.05) is 26.4 Å². The first-order valence-electron chi connectivity index (χ1n) is 4.31. The van der Waals surface area contributed by atoms with Crippen molar-refractivity contribution in [3.05, 3.63) is 0 Å². The van der Waals surface area contributed by atoms with Gasteiger partial charge < -0.3 is 14.9 Å². The molecular formula is C9H20O3. The molecule has 0 saturated heterocycles. The van der Waals surface area contributed by atoms with Crippen LogP contribution in [0.15, 0.2) is 0 Å². The molecule has 0 aliphatic heterocycles. The maximum Gasteiger partial charge on any atom is 0.0539 e. The average Bonchev–Trinajstić information content (AvgIpc) is 2.04. The smallest absolute Gasteiger partial charge is 0.0539 e. The maximum absolute atomic E-state index is 8.89. The third-order valence-electron chi connectivity index (χ3n) is 1.63. The van der Waals surface area contributed by atoms with Gasteiger partial charge in [0.05, 0.1) is 19.8 Å². The van der Waals surface area contributed by atoms with Crippen LogP contribution in [0.2, 0.25) is 0 Å². The lowest BCUT2D eigenvalue weighted by Gasteiger charge is -2.22. The molecule has 0 spiro atoms. The standard InChI is InChI=1S/C9H20O3/c1-8(4-10)5-12-7-9(2,3)6-11/h8,10-11H,4-7H2,1-3H3. The highest BCUT2D eigenvalue weighted by Gasteiger charge is 2.16. The normalized spacial score (nSPS) is 14.8. The predicted octanol–water partition coefficient (Wildman–Crippen LogP) is 0.650. The Balaban J connectivity index is 3.42. The number of aliphatic hydroxyl groups excluding tert-OH is 2. The van der Waals surface area contributed by atoms with E-state index in [-0.39, 0.29) is 24.5 Å². The SMILES string of the molecule is CC(CO)COCC(C)(C)CO. The minimum atomic E-state index is -0.171. The van der Waals surface area contributed by atoms with Gasteiger partial charge in [-0.05, 0) is 0 Å². The summed E-state index contributed by atoms with van der Waals surface area (Å²) in [6, 6.07) is 0.